The van der Waals surface area contributed by atoms with Crippen LogP contribution in [0.3, 0.4) is 0 Å². The van der Waals surface area contributed by atoms with Crippen molar-refractivity contribution < 1.29 is 4.79 Å². The number of hydrogen-bond donors (Lipinski definition) is 2. The van der Waals surface area contributed by atoms with Crippen molar-refractivity contribution in [2.75, 3.05) is 5.32 Å². The van der Waals surface area contributed by atoms with Gasteiger partial charge in [-0.2, -0.15) is 4.80 Å². The lowest BCUT2D eigenvalue weighted by molar-refractivity contribution is -0.121. The number of rotatable bonds is 4. The highest BCUT2D eigenvalue weighted by molar-refractivity contribution is 7.80. The van der Waals surface area contributed by atoms with Crippen LogP contribution in [0, 0.1) is 5.41 Å². The van der Waals surface area contributed by atoms with E-state index in [2.05, 4.69) is 20.7 Å². The van der Waals surface area contributed by atoms with Gasteiger partial charge in [-0.15, -0.1) is 5.10 Å². The fourth-order valence-electron chi connectivity index (χ4n) is 1.02. The van der Waals surface area contributed by atoms with Crippen LogP contribution in [0.2, 0.25) is 0 Å². The van der Waals surface area contributed by atoms with Gasteiger partial charge in [0, 0.05) is 0 Å². The summed E-state index contributed by atoms with van der Waals surface area (Å²) in [7, 11) is 1.61. The molecule has 0 aromatic carbocycles. The van der Waals surface area contributed by atoms with Crippen LogP contribution in [0.4, 0.5) is 5.95 Å². The van der Waals surface area contributed by atoms with Crippen molar-refractivity contribution >= 4 is 29.1 Å². The van der Waals surface area contributed by atoms with Gasteiger partial charge in [-0.1, -0.05) is 24.2 Å². The van der Waals surface area contributed by atoms with Crippen LogP contribution >= 0.6 is 12.2 Å². The maximum atomic E-state index is 11.9. The largest absolute Gasteiger partial charge is 0.392 e. The van der Waals surface area contributed by atoms with Crippen LogP contribution in [0.1, 0.15) is 20.3 Å². The fraction of sp³-hybridized carbons (Fsp3) is 0.625. The SMILES string of the molecule is CCC(C)(C(=O)Nc1nnn(C)n1)C(N)=S. The summed E-state index contributed by atoms with van der Waals surface area (Å²) in [5.41, 5.74) is 4.66. The van der Waals surface area contributed by atoms with Crippen molar-refractivity contribution in [3.05, 3.63) is 0 Å². The number of carbonyl (C=O) groups is 1. The average molecular weight is 242 g/mol. The third-order valence-corrected chi connectivity index (χ3v) is 2.94. The molecule has 1 heterocycles. The van der Waals surface area contributed by atoms with Gasteiger partial charge in [0.2, 0.25) is 5.91 Å². The lowest BCUT2D eigenvalue weighted by Gasteiger charge is -2.24. The van der Waals surface area contributed by atoms with Gasteiger partial charge in [-0.3, -0.25) is 10.1 Å². The van der Waals surface area contributed by atoms with Gasteiger partial charge in [0.05, 0.1) is 17.5 Å². The molecule has 1 unspecified atom stereocenters. The number of hydrogen-bond acceptors (Lipinski definition) is 5. The summed E-state index contributed by atoms with van der Waals surface area (Å²) < 4.78 is 0. The van der Waals surface area contributed by atoms with Gasteiger partial charge < -0.3 is 5.73 Å². The second-order valence-electron chi connectivity index (χ2n) is 3.61. The number of thiocarbonyl (C=S) groups is 1. The van der Waals surface area contributed by atoms with E-state index < -0.39 is 5.41 Å². The highest BCUT2D eigenvalue weighted by Gasteiger charge is 2.35. The molecule has 0 radical (unpaired) electrons. The number of nitrogens with zero attached hydrogens (tertiary/aromatic N) is 4. The summed E-state index contributed by atoms with van der Waals surface area (Å²) in [4.78, 5) is 13.3. The minimum absolute atomic E-state index is 0.142. The maximum Gasteiger partial charge on any atom is 0.270 e. The summed E-state index contributed by atoms with van der Waals surface area (Å²) in [5, 5.41) is 13.6. The van der Waals surface area contributed by atoms with E-state index in [1.807, 2.05) is 6.92 Å². The van der Waals surface area contributed by atoms with Crippen LogP contribution in [0.5, 0.6) is 0 Å². The van der Waals surface area contributed by atoms with E-state index in [4.69, 9.17) is 18.0 Å². The van der Waals surface area contributed by atoms with E-state index >= 15 is 0 Å². The molecular weight excluding hydrogens is 228 g/mol. The molecule has 8 heteroatoms. The summed E-state index contributed by atoms with van der Waals surface area (Å²) >= 11 is 4.88. The minimum atomic E-state index is -0.894. The van der Waals surface area contributed by atoms with Crippen molar-refractivity contribution in [1.82, 2.24) is 20.2 Å². The lowest BCUT2D eigenvalue weighted by Crippen LogP contribution is -2.43. The molecule has 1 amide bonds. The van der Waals surface area contributed by atoms with Gasteiger partial charge >= 0.3 is 0 Å². The van der Waals surface area contributed by atoms with Crippen LogP contribution in [0.15, 0.2) is 0 Å². The second-order valence-corrected chi connectivity index (χ2v) is 4.05. The average Bonchev–Trinajstić information content (AvgIpc) is 2.62. The molecule has 1 atom stereocenters. The van der Waals surface area contributed by atoms with E-state index in [1.54, 1.807) is 14.0 Å². The van der Waals surface area contributed by atoms with E-state index in [0.717, 1.165) is 0 Å². The Morgan fingerprint density at radius 1 is 1.69 bits per heavy atom. The standard InChI is InChI=1S/C8H14N6OS/c1-4-8(2,5(9)16)6(15)10-7-11-13-14(3)12-7/h4H2,1-3H3,(H2,9,16)(H,10,12,15). The predicted molar refractivity (Wildman–Crippen MR) is 62.6 cm³/mol. The molecule has 0 fully saturated rings. The van der Waals surface area contributed by atoms with E-state index in [9.17, 15) is 4.79 Å². The lowest BCUT2D eigenvalue weighted by atomic mass is 9.86. The number of carbonyl (C=O) groups excluding carboxylic acids is 1. The van der Waals surface area contributed by atoms with Crippen molar-refractivity contribution in [2.45, 2.75) is 20.3 Å². The van der Waals surface area contributed by atoms with Crippen molar-refractivity contribution in [3.63, 3.8) is 0 Å². The quantitative estimate of drug-likeness (QED) is 0.712. The molecule has 0 saturated carbocycles. The van der Waals surface area contributed by atoms with E-state index in [0.29, 0.717) is 6.42 Å². The smallest absolute Gasteiger partial charge is 0.270 e. The predicted octanol–water partition coefficient (Wildman–Crippen LogP) is -0.149. The number of nitrogens with two attached hydrogens (primary N) is 1. The van der Waals surface area contributed by atoms with Gasteiger partial charge in [-0.05, 0) is 18.6 Å². The zero-order chi connectivity index (χ0) is 12.3. The second kappa shape index (κ2) is 4.52. The Morgan fingerprint density at radius 3 is 2.69 bits per heavy atom. The molecule has 3 N–H and O–H groups in total. The molecule has 0 saturated heterocycles. The molecule has 88 valence electrons. The molecule has 0 spiro atoms. The summed E-state index contributed by atoms with van der Waals surface area (Å²) in [5.74, 6) is -0.182. The zero-order valence-electron chi connectivity index (χ0n) is 9.39. The molecule has 1 aromatic heterocycles. The van der Waals surface area contributed by atoms with Gasteiger partial charge in [-0.25, -0.2) is 0 Å². The first-order valence-electron chi connectivity index (χ1n) is 4.75. The van der Waals surface area contributed by atoms with Crippen LogP contribution < -0.4 is 11.1 Å². The highest BCUT2D eigenvalue weighted by atomic mass is 32.1. The zero-order valence-corrected chi connectivity index (χ0v) is 10.2. The molecular formula is C8H14N6OS. The van der Waals surface area contributed by atoms with Crippen molar-refractivity contribution in [3.8, 4) is 0 Å². The first-order valence-corrected chi connectivity index (χ1v) is 5.16. The normalized spacial score (nSPS) is 14.2. The molecule has 16 heavy (non-hydrogen) atoms. The number of tetrazole rings is 1. The highest BCUT2D eigenvalue weighted by Crippen LogP contribution is 2.22. The molecule has 7 nitrogen and oxygen atoms in total. The first kappa shape index (κ1) is 12.5. The minimum Gasteiger partial charge on any atom is -0.392 e. The summed E-state index contributed by atoms with van der Waals surface area (Å²) in [6.45, 7) is 3.52. The third kappa shape index (κ3) is 2.32. The number of amides is 1. The summed E-state index contributed by atoms with van der Waals surface area (Å²) in [6.07, 6.45) is 0.508. The Labute approximate surface area is 98.4 Å². The fourth-order valence-corrected chi connectivity index (χ4v) is 1.26. The molecule has 0 aliphatic heterocycles. The van der Waals surface area contributed by atoms with Crippen LogP contribution in [-0.4, -0.2) is 31.1 Å². The van der Waals surface area contributed by atoms with E-state index in [-0.39, 0.29) is 16.8 Å². The molecule has 1 aromatic rings. The monoisotopic (exact) mass is 242 g/mol. The Morgan fingerprint density at radius 2 is 2.31 bits per heavy atom. The first-order chi connectivity index (χ1) is 7.40. The number of aryl methyl sites for hydroxylation is 1. The Bertz CT molecular complexity index is 416. The van der Waals surface area contributed by atoms with Crippen molar-refractivity contribution in [2.24, 2.45) is 18.2 Å². The van der Waals surface area contributed by atoms with E-state index in [1.165, 1.54) is 4.80 Å². The number of aromatic nitrogens is 4. The maximum absolute atomic E-state index is 11.9. The Hall–Kier alpha value is -1.57. The van der Waals surface area contributed by atoms with Gasteiger partial charge in [0.1, 0.15) is 0 Å². The Balaban J connectivity index is 2.82. The van der Waals surface area contributed by atoms with Crippen LogP contribution in [-0.2, 0) is 11.8 Å². The molecule has 0 bridgehead atoms. The Kier molecular flexibility index (Phi) is 3.53. The number of nitrogens with one attached hydrogen (secondary N) is 1. The summed E-state index contributed by atoms with van der Waals surface area (Å²) in [6, 6.07) is 0. The van der Waals surface area contributed by atoms with Gasteiger partial charge in [0.15, 0.2) is 0 Å². The molecule has 0 aliphatic rings. The third-order valence-electron chi connectivity index (χ3n) is 2.49. The van der Waals surface area contributed by atoms with Crippen LogP contribution in [0.25, 0.3) is 0 Å². The molecule has 1 rings (SSSR count). The topological polar surface area (TPSA) is 98.7 Å². The van der Waals surface area contributed by atoms with Crippen molar-refractivity contribution in [1.29, 1.82) is 0 Å². The van der Waals surface area contributed by atoms with Gasteiger partial charge in [0.25, 0.3) is 5.95 Å². The number of anilines is 1. The molecule has 0 aliphatic carbocycles.